The minimum atomic E-state index is -0.659. The van der Waals surface area contributed by atoms with Gasteiger partial charge in [0.05, 0.1) is 6.04 Å². The number of nitrogens with one attached hydrogen (secondary N) is 2. The summed E-state index contributed by atoms with van der Waals surface area (Å²) in [5.74, 6) is -0.502. The van der Waals surface area contributed by atoms with Crippen molar-refractivity contribution in [3.63, 3.8) is 0 Å². The molecule has 0 bridgehead atoms. The van der Waals surface area contributed by atoms with E-state index in [0.717, 1.165) is 16.8 Å². The molecule has 1 atom stereocenters. The van der Waals surface area contributed by atoms with E-state index in [2.05, 4.69) is 16.9 Å². The van der Waals surface area contributed by atoms with Crippen molar-refractivity contribution in [1.29, 1.82) is 0 Å². The van der Waals surface area contributed by atoms with Crippen LogP contribution in [0.25, 0.3) is 11.6 Å². The number of primary amides is 1. The van der Waals surface area contributed by atoms with Gasteiger partial charge in [0.2, 0.25) is 5.91 Å². The normalized spacial score (nSPS) is 13.3. The number of hydrogen-bond donors (Lipinski definition) is 4. The van der Waals surface area contributed by atoms with E-state index in [9.17, 15) is 4.79 Å². The molecule has 6 N–H and O–H groups in total. The van der Waals surface area contributed by atoms with Crippen LogP contribution in [0.3, 0.4) is 0 Å². The zero-order chi connectivity index (χ0) is 13.5. The molecule has 0 aromatic carbocycles. The fourth-order valence-electron chi connectivity index (χ4n) is 1.65. The van der Waals surface area contributed by atoms with Gasteiger partial charge in [0.25, 0.3) is 0 Å². The van der Waals surface area contributed by atoms with Crippen LogP contribution in [0.5, 0.6) is 0 Å². The molecule has 1 rings (SSSR count). The Kier molecular flexibility index (Phi) is 5.35. The average Bonchev–Trinajstić information content (AvgIpc) is 2.82. The summed E-state index contributed by atoms with van der Waals surface area (Å²) in [6.45, 7) is 6.70. The van der Waals surface area contributed by atoms with Crippen LogP contribution < -0.4 is 16.8 Å². The first kappa shape index (κ1) is 14.2. The van der Waals surface area contributed by atoms with Crippen LogP contribution in [0.2, 0.25) is 0 Å². The third-order valence-electron chi connectivity index (χ3n) is 2.72. The van der Waals surface area contributed by atoms with Crippen molar-refractivity contribution in [2.45, 2.75) is 13.0 Å². The second-order valence-corrected chi connectivity index (χ2v) is 3.96. The summed E-state index contributed by atoms with van der Waals surface area (Å²) in [5, 5.41) is 3.11. The summed E-state index contributed by atoms with van der Waals surface area (Å²) < 4.78 is 0. The molecular formula is C13H20N4O. The number of allylic oxidation sites excluding steroid dienone is 1. The van der Waals surface area contributed by atoms with Crippen LogP contribution in [-0.4, -0.2) is 30.0 Å². The summed E-state index contributed by atoms with van der Waals surface area (Å²) in [7, 11) is 0. The number of hydrogen-bond acceptors (Lipinski definition) is 3. The molecule has 1 aromatic heterocycles. The molecular weight excluding hydrogens is 228 g/mol. The van der Waals surface area contributed by atoms with Crippen molar-refractivity contribution in [1.82, 2.24) is 10.3 Å². The lowest BCUT2D eigenvalue weighted by Crippen LogP contribution is -2.44. The zero-order valence-corrected chi connectivity index (χ0v) is 10.6. The van der Waals surface area contributed by atoms with E-state index in [-0.39, 0.29) is 0 Å². The minimum Gasteiger partial charge on any atom is -0.368 e. The topological polar surface area (TPSA) is 96.9 Å². The van der Waals surface area contributed by atoms with Crippen molar-refractivity contribution in [2.75, 3.05) is 13.1 Å². The van der Waals surface area contributed by atoms with E-state index >= 15 is 0 Å². The van der Waals surface area contributed by atoms with Crippen molar-refractivity contribution in [2.24, 2.45) is 11.5 Å². The first-order valence-electron chi connectivity index (χ1n) is 5.81. The first-order chi connectivity index (χ1) is 8.60. The van der Waals surface area contributed by atoms with Gasteiger partial charge in [-0.05, 0) is 24.6 Å². The molecule has 1 heterocycles. The number of aromatic amines is 1. The number of H-pyrrole nitrogens is 1. The Bertz CT molecular complexity index is 448. The molecule has 1 unspecified atom stereocenters. The molecule has 18 heavy (non-hydrogen) atoms. The van der Waals surface area contributed by atoms with Gasteiger partial charge in [-0.1, -0.05) is 12.7 Å². The van der Waals surface area contributed by atoms with E-state index in [0.29, 0.717) is 13.1 Å². The molecule has 0 radical (unpaired) electrons. The lowest BCUT2D eigenvalue weighted by molar-refractivity contribution is -0.119. The maximum atomic E-state index is 10.8. The SMILES string of the molecule is C=Cc1[nH]ccc1/C(=C\C)CNCC(N)C(N)=O. The summed E-state index contributed by atoms with van der Waals surface area (Å²) in [6.07, 6.45) is 5.65. The zero-order valence-electron chi connectivity index (χ0n) is 10.6. The van der Waals surface area contributed by atoms with Crippen LogP contribution in [0.4, 0.5) is 0 Å². The van der Waals surface area contributed by atoms with Gasteiger partial charge in [-0.2, -0.15) is 0 Å². The first-order valence-corrected chi connectivity index (χ1v) is 5.81. The fourth-order valence-corrected chi connectivity index (χ4v) is 1.65. The van der Waals surface area contributed by atoms with Crippen LogP contribution in [0.15, 0.2) is 24.9 Å². The Balaban J connectivity index is 2.59. The van der Waals surface area contributed by atoms with E-state index in [4.69, 9.17) is 11.5 Å². The highest BCUT2D eigenvalue weighted by Gasteiger charge is 2.10. The second-order valence-electron chi connectivity index (χ2n) is 3.96. The van der Waals surface area contributed by atoms with Crippen LogP contribution >= 0.6 is 0 Å². The van der Waals surface area contributed by atoms with Gasteiger partial charge in [-0.25, -0.2) is 0 Å². The molecule has 0 saturated carbocycles. The van der Waals surface area contributed by atoms with Gasteiger partial charge >= 0.3 is 0 Å². The number of carbonyl (C=O) groups excluding carboxylic acids is 1. The molecule has 0 spiro atoms. The fraction of sp³-hybridized carbons (Fsp3) is 0.308. The Hall–Kier alpha value is -1.85. The highest BCUT2D eigenvalue weighted by atomic mass is 16.1. The monoisotopic (exact) mass is 248 g/mol. The third-order valence-corrected chi connectivity index (χ3v) is 2.72. The predicted octanol–water partition coefficient (Wildman–Crippen LogP) is 0.463. The molecule has 0 aliphatic heterocycles. The highest BCUT2D eigenvalue weighted by Crippen LogP contribution is 2.18. The largest absolute Gasteiger partial charge is 0.368 e. The van der Waals surface area contributed by atoms with Gasteiger partial charge in [0.1, 0.15) is 0 Å². The molecule has 0 aliphatic rings. The summed E-state index contributed by atoms with van der Waals surface area (Å²) in [6, 6.07) is 1.33. The van der Waals surface area contributed by atoms with E-state index in [1.807, 2.05) is 25.3 Å². The van der Waals surface area contributed by atoms with E-state index in [1.165, 1.54) is 0 Å². The lowest BCUT2D eigenvalue weighted by atomic mass is 10.1. The molecule has 1 aromatic rings. The smallest absolute Gasteiger partial charge is 0.235 e. The van der Waals surface area contributed by atoms with Gasteiger partial charge < -0.3 is 21.8 Å². The molecule has 5 heteroatoms. The maximum Gasteiger partial charge on any atom is 0.235 e. The molecule has 0 aliphatic carbocycles. The quantitative estimate of drug-likeness (QED) is 0.564. The Morgan fingerprint density at radius 3 is 2.94 bits per heavy atom. The molecule has 0 fully saturated rings. The predicted molar refractivity (Wildman–Crippen MR) is 74.6 cm³/mol. The summed E-state index contributed by atoms with van der Waals surface area (Å²) in [5.41, 5.74) is 13.8. The second kappa shape index (κ2) is 6.78. The molecule has 0 saturated heterocycles. The number of aromatic nitrogens is 1. The van der Waals surface area contributed by atoms with E-state index < -0.39 is 11.9 Å². The summed E-state index contributed by atoms with van der Waals surface area (Å²) >= 11 is 0. The summed E-state index contributed by atoms with van der Waals surface area (Å²) in [4.78, 5) is 13.9. The van der Waals surface area contributed by atoms with E-state index in [1.54, 1.807) is 6.08 Å². The van der Waals surface area contributed by atoms with Crippen molar-refractivity contribution >= 4 is 17.6 Å². The molecule has 5 nitrogen and oxygen atoms in total. The van der Waals surface area contributed by atoms with Crippen LogP contribution in [-0.2, 0) is 4.79 Å². The Labute approximate surface area is 107 Å². The number of amides is 1. The standard InChI is InChI=1S/C13H20N4O/c1-3-9(7-16-8-11(14)13(15)18)10-5-6-17-12(10)4-2/h3-6,11,16-17H,2,7-8,14H2,1H3,(H2,15,18)/b9-3-. The highest BCUT2D eigenvalue weighted by molar-refractivity contribution is 5.80. The number of carbonyl (C=O) groups is 1. The van der Waals surface area contributed by atoms with Crippen LogP contribution in [0, 0.1) is 0 Å². The number of nitrogens with two attached hydrogens (primary N) is 2. The van der Waals surface area contributed by atoms with Crippen LogP contribution in [0.1, 0.15) is 18.2 Å². The Morgan fingerprint density at radius 2 is 2.39 bits per heavy atom. The molecule has 1 amide bonds. The number of rotatable bonds is 7. The minimum absolute atomic E-state index is 0.362. The van der Waals surface area contributed by atoms with Gasteiger partial charge in [0, 0.05) is 30.5 Å². The Morgan fingerprint density at radius 1 is 1.67 bits per heavy atom. The van der Waals surface area contributed by atoms with Gasteiger partial charge in [-0.3, -0.25) is 4.79 Å². The van der Waals surface area contributed by atoms with Gasteiger partial charge in [0.15, 0.2) is 0 Å². The molecule has 98 valence electrons. The maximum absolute atomic E-state index is 10.8. The van der Waals surface area contributed by atoms with Crippen molar-refractivity contribution < 1.29 is 4.79 Å². The lowest BCUT2D eigenvalue weighted by Gasteiger charge is -2.11. The van der Waals surface area contributed by atoms with Gasteiger partial charge in [-0.15, -0.1) is 0 Å². The average molecular weight is 248 g/mol. The third kappa shape index (κ3) is 3.58. The van der Waals surface area contributed by atoms with Crippen molar-refractivity contribution in [3.8, 4) is 0 Å². The van der Waals surface area contributed by atoms with Crippen molar-refractivity contribution in [3.05, 3.63) is 36.2 Å².